The Kier molecular flexibility index (Phi) is 4.58. The summed E-state index contributed by atoms with van der Waals surface area (Å²) in [5.74, 6) is -0.0527. The number of unbranched alkanes of at least 4 members (excludes halogenated alkanes) is 1. The van der Waals surface area contributed by atoms with E-state index in [1.807, 2.05) is 30.5 Å². The van der Waals surface area contributed by atoms with Crippen molar-refractivity contribution in [3.63, 3.8) is 0 Å². The van der Waals surface area contributed by atoms with Gasteiger partial charge >= 0.3 is 0 Å². The molecule has 0 spiro atoms. The molecular formula is C15H21N3O. The molecule has 0 saturated heterocycles. The highest BCUT2D eigenvalue weighted by molar-refractivity contribution is 5.98. The van der Waals surface area contributed by atoms with E-state index in [1.54, 1.807) is 0 Å². The molecule has 0 aliphatic rings. The summed E-state index contributed by atoms with van der Waals surface area (Å²) in [5.41, 5.74) is 7.34. The molecule has 1 unspecified atom stereocenters. The number of amides is 1. The number of nitrogens with one attached hydrogen (secondary N) is 2. The fourth-order valence-corrected chi connectivity index (χ4v) is 2.16. The summed E-state index contributed by atoms with van der Waals surface area (Å²) >= 11 is 0. The Morgan fingerprint density at radius 1 is 1.42 bits per heavy atom. The van der Waals surface area contributed by atoms with Crippen LogP contribution in [-0.4, -0.2) is 23.5 Å². The van der Waals surface area contributed by atoms with Crippen LogP contribution in [0.15, 0.2) is 30.5 Å². The standard InChI is InChI=1S/C15H21N3O/c1-2-3-4-13(10-16)18-15(19)12-6-5-11-7-8-17-14(11)9-12/h5-9,13,17H,2-4,10,16H2,1H3,(H,18,19). The lowest BCUT2D eigenvalue weighted by Gasteiger charge is -2.16. The molecule has 4 nitrogen and oxygen atoms in total. The fraction of sp³-hybridized carbons (Fsp3) is 0.400. The highest BCUT2D eigenvalue weighted by atomic mass is 16.1. The van der Waals surface area contributed by atoms with Crippen molar-refractivity contribution in [2.24, 2.45) is 5.73 Å². The van der Waals surface area contributed by atoms with Gasteiger partial charge in [0.15, 0.2) is 0 Å². The van der Waals surface area contributed by atoms with E-state index in [0.717, 1.165) is 30.2 Å². The summed E-state index contributed by atoms with van der Waals surface area (Å²) in [6.45, 7) is 2.62. The van der Waals surface area contributed by atoms with E-state index in [-0.39, 0.29) is 11.9 Å². The lowest BCUT2D eigenvalue weighted by molar-refractivity contribution is 0.0936. The topological polar surface area (TPSA) is 70.9 Å². The first kappa shape index (κ1) is 13.6. The average molecular weight is 259 g/mol. The summed E-state index contributed by atoms with van der Waals surface area (Å²) in [6.07, 6.45) is 5.00. The van der Waals surface area contributed by atoms with Gasteiger partial charge in [0.25, 0.3) is 5.91 Å². The van der Waals surface area contributed by atoms with Gasteiger partial charge in [-0.1, -0.05) is 25.8 Å². The molecular weight excluding hydrogens is 238 g/mol. The van der Waals surface area contributed by atoms with Gasteiger partial charge in [0.1, 0.15) is 0 Å². The molecule has 1 amide bonds. The van der Waals surface area contributed by atoms with Crippen molar-refractivity contribution in [2.75, 3.05) is 6.54 Å². The number of hydrogen-bond acceptors (Lipinski definition) is 2. The molecule has 0 radical (unpaired) electrons. The van der Waals surface area contributed by atoms with Crippen LogP contribution in [0, 0.1) is 0 Å². The van der Waals surface area contributed by atoms with Gasteiger partial charge in [-0.15, -0.1) is 0 Å². The Balaban J connectivity index is 2.05. The SMILES string of the molecule is CCCCC(CN)NC(=O)c1ccc2cc[nH]c2c1. The number of aromatic nitrogens is 1. The Morgan fingerprint density at radius 3 is 3.00 bits per heavy atom. The van der Waals surface area contributed by atoms with Crippen LogP contribution in [0.2, 0.25) is 0 Å². The number of carbonyl (C=O) groups is 1. The third-order valence-corrected chi connectivity index (χ3v) is 3.34. The lowest BCUT2D eigenvalue weighted by atomic mass is 10.1. The van der Waals surface area contributed by atoms with Gasteiger partial charge in [-0.3, -0.25) is 4.79 Å². The molecule has 1 aromatic heterocycles. The highest BCUT2D eigenvalue weighted by Gasteiger charge is 2.12. The molecule has 1 aromatic carbocycles. The Morgan fingerprint density at radius 2 is 2.26 bits per heavy atom. The first-order chi connectivity index (χ1) is 9.24. The second-order valence-electron chi connectivity index (χ2n) is 4.83. The number of H-pyrrole nitrogens is 1. The quantitative estimate of drug-likeness (QED) is 0.745. The Labute approximate surface area is 113 Å². The average Bonchev–Trinajstić information content (AvgIpc) is 2.90. The molecule has 4 heteroatoms. The van der Waals surface area contributed by atoms with Crippen molar-refractivity contribution in [3.05, 3.63) is 36.0 Å². The molecule has 2 rings (SSSR count). The number of benzene rings is 1. The monoisotopic (exact) mass is 259 g/mol. The summed E-state index contributed by atoms with van der Waals surface area (Å²) in [6, 6.07) is 7.72. The van der Waals surface area contributed by atoms with E-state index >= 15 is 0 Å². The summed E-state index contributed by atoms with van der Waals surface area (Å²) in [5, 5.41) is 4.11. The fourth-order valence-electron chi connectivity index (χ4n) is 2.16. The van der Waals surface area contributed by atoms with E-state index in [9.17, 15) is 4.79 Å². The van der Waals surface area contributed by atoms with E-state index in [1.165, 1.54) is 0 Å². The van der Waals surface area contributed by atoms with E-state index < -0.39 is 0 Å². The molecule has 1 atom stereocenters. The third kappa shape index (κ3) is 3.35. The molecule has 19 heavy (non-hydrogen) atoms. The van der Waals surface area contributed by atoms with Crippen molar-refractivity contribution < 1.29 is 4.79 Å². The molecule has 0 aliphatic heterocycles. The molecule has 1 heterocycles. The number of fused-ring (bicyclic) bond motifs is 1. The van der Waals surface area contributed by atoms with Gasteiger partial charge in [0.05, 0.1) is 0 Å². The van der Waals surface area contributed by atoms with Crippen molar-refractivity contribution in [3.8, 4) is 0 Å². The molecule has 0 aliphatic carbocycles. The smallest absolute Gasteiger partial charge is 0.251 e. The van der Waals surface area contributed by atoms with E-state index in [0.29, 0.717) is 12.1 Å². The van der Waals surface area contributed by atoms with Gasteiger partial charge in [-0.25, -0.2) is 0 Å². The first-order valence-electron chi connectivity index (χ1n) is 6.82. The third-order valence-electron chi connectivity index (χ3n) is 3.34. The van der Waals surface area contributed by atoms with Gasteiger partial charge < -0.3 is 16.0 Å². The largest absolute Gasteiger partial charge is 0.361 e. The second-order valence-corrected chi connectivity index (χ2v) is 4.83. The van der Waals surface area contributed by atoms with E-state index in [4.69, 9.17) is 5.73 Å². The van der Waals surface area contributed by atoms with E-state index in [2.05, 4.69) is 17.2 Å². The minimum absolute atomic E-state index is 0.0527. The molecule has 2 aromatic rings. The zero-order valence-electron chi connectivity index (χ0n) is 11.3. The van der Waals surface area contributed by atoms with Crippen LogP contribution in [0.5, 0.6) is 0 Å². The first-order valence-corrected chi connectivity index (χ1v) is 6.82. The van der Waals surface area contributed by atoms with Gasteiger partial charge in [-0.05, 0) is 30.0 Å². The normalized spacial score (nSPS) is 12.5. The summed E-state index contributed by atoms with van der Waals surface area (Å²) < 4.78 is 0. The zero-order chi connectivity index (χ0) is 13.7. The van der Waals surface area contributed by atoms with Crippen LogP contribution >= 0.6 is 0 Å². The lowest BCUT2D eigenvalue weighted by Crippen LogP contribution is -2.40. The van der Waals surface area contributed by atoms with Gasteiger partial charge in [0, 0.05) is 29.9 Å². The minimum Gasteiger partial charge on any atom is -0.361 e. The van der Waals surface area contributed by atoms with Crippen LogP contribution in [-0.2, 0) is 0 Å². The van der Waals surface area contributed by atoms with Crippen LogP contribution in [0.1, 0.15) is 36.5 Å². The maximum absolute atomic E-state index is 12.2. The van der Waals surface area contributed by atoms with Crippen LogP contribution in [0.3, 0.4) is 0 Å². The van der Waals surface area contributed by atoms with Crippen LogP contribution in [0.25, 0.3) is 10.9 Å². The maximum Gasteiger partial charge on any atom is 0.251 e. The number of nitrogens with two attached hydrogens (primary N) is 1. The summed E-state index contributed by atoms with van der Waals surface area (Å²) in [7, 11) is 0. The van der Waals surface area contributed by atoms with Gasteiger partial charge in [0.2, 0.25) is 0 Å². The maximum atomic E-state index is 12.2. The molecule has 102 valence electrons. The Hall–Kier alpha value is -1.81. The van der Waals surface area contributed by atoms with Crippen LogP contribution in [0.4, 0.5) is 0 Å². The van der Waals surface area contributed by atoms with Gasteiger partial charge in [-0.2, -0.15) is 0 Å². The van der Waals surface area contributed by atoms with Crippen molar-refractivity contribution in [1.82, 2.24) is 10.3 Å². The van der Waals surface area contributed by atoms with Crippen molar-refractivity contribution >= 4 is 16.8 Å². The predicted molar refractivity (Wildman–Crippen MR) is 78.1 cm³/mol. The second kappa shape index (κ2) is 6.38. The molecule has 0 bridgehead atoms. The number of aromatic amines is 1. The number of rotatable bonds is 6. The number of hydrogen-bond donors (Lipinski definition) is 3. The highest BCUT2D eigenvalue weighted by Crippen LogP contribution is 2.14. The van der Waals surface area contributed by atoms with Crippen molar-refractivity contribution in [1.29, 1.82) is 0 Å². The molecule has 4 N–H and O–H groups in total. The zero-order valence-corrected chi connectivity index (χ0v) is 11.3. The predicted octanol–water partition coefficient (Wildman–Crippen LogP) is 2.42. The molecule has 0 fully saturated rings. The molecule has 0 saturated carbocycles. The Bertz CT molecular complexity index is 547. The van der Waals surface area contributed by atoms with Crippen LogP contribution < -0.4 is 11.1 Å². The van der Waals surface area contributed by atoms with Crippen molar-refractivity contribution in [2.45, 2.75) is 32.2 Å². The summed E-state index contributed by atoms with van der Waals surface area (Å²) in [4.78, 5) is 15.3. The minimum atomic E-state index is -0.0527. The number of carbonyl (C=O) groups excluding carboxylic acids is 1.